The minimum absolute atomic E-state index is 0.0325. The molecular formula is C22H22N2O8. The van der Waals surface area contributed by atoms with Crippen molar-refractivity contribution in [3.63, 3.8) is 0 Å². The van der Waals surface area contributed by atoms with Crippen molar-refractivity contribution >= 4 is 23.5 Å². The molecule has 1 atom stereocenters. The van der Waals surface area contributed by atoms with Crippen LogP contribution < -0.4 is 9.47 Å². The van der Waals surface area contributed by atoms with Crippen LogP contribution in [0.2, 0.25) is 0 Å². The number of benzene rings is 2. The number of nitrogens with zero attached hydrogens (tertiary/aromatic N) is 2. The van der Waals surface area contributed by atoms with E-state index in [1.807, 2.05) is 0 Å². The first-order valence-electron chi connectivity index (χ1n) is 9.89. The predicted molar refractivity (Wildman–Crippen MR) is 112 cm³/mol. The SMILES string of the molecule is COC(=O)[C@@H]1CCCCN1C(=O)c1cc(OC)c(OC(=O)c2ccccc2)cc1[N+](=O)[O-]. The fraction of sp³-hybridized carbons (Fsp3) is 0.318. The van der Waals surface area contributed by atoms with Gasteiger partial charge in [0.2, 0.25) is 0 Å². The molecule has 0 spiro atoms. The van der Waals surface area contributed by atoms with Crippen LogP contribution in [0.1, 0.15) is 40.0 Å². The summed E-state index contributed by atoms with van der Waals surface area (Å²) in [4.78, 5) is 50.0. The first kappa shape index (κ1) is 22.7. The van der Waals surface area contributed by atoms with E-state index in [2.05, 4.69) is 0 Å². The molecule has 1 saturated heterocycles. The second kappa shape index (κ2) is 9.90. The number of esters is 2. The summed E-state index contributed by atoms with van der Waals surface area (Å²) >= 11 is 0. The van der Waals surface area contributed by atoms with Crippen molar-refractivity contribution < 1.29 is 33.5 Å². The molecule has 168 valence electrons. The van der Waals surface area contributed by atoms with Gasteiger partial charge in [-0.2, -0.15) is 0 Å². The number of rotatable bonds is 6. The largest absolute Gasteiger partial charge is 0.493 e. The zero-order chi connectivity index (χ0) is 23.3. The molecule has 2 aromatic rings. The van der Waals surface area contributed by atoms with E-state index in [0.717, 1.165) is 18.6 Å². The average molecular weight is 442 g/mol. The van der Waals surface area contributed by atoms with Gasteiger partial charge in [-0.25, -0.2) is 9.59 Å². The molecule has 1 aliphatic rings. The highest BCUT2D eigenvalue weighted by Gasteiger charge is 2.37. The van der Waals surface area contributed by atoms with Crippen molar-refractivity contribution in [2.45, 2.75) is 25.3 Å². The summed E-state index contributed by atoms with van der Waals surface area (Å²) < 4.78 is 15.3. The molecule has 3 rings (SSSR count). The minimum Gasteiger partial charge on any atom is -0.493 e. The quantitative estimate of drug-likeness (QED) is 0.289. The van der Waals surface area contributed by atoms with Crippen LogP contribution in [0.25, 0.3) is 0 Å². The average Bonchev–Trinajstić information content (AvgIpc) is 2.83. The Labute approximate surface area is 183 Å². The number of methoxy groups -OCH3 is 2. The molecule has 0 aromatic heterocycles. The van der Waals surface area contributed by atoms with Crippen LogP contribution in [0.3, 0.4) is 0 Å². The van der Waals surface area contributed by atoms with Gasteiger partial charge in [0, 0.05) is 12.6 Å². The summed E-state index contributed by atoms with van der Waals surface area (Å²) in [5.41, 5.74) is -0.602. The molecule has 1 fully saturated rings. The second-order valence-electron chi connectivity index (χ2n) is 7.07. The number of carbonyl (C=O) groups is 3. The van der Waals surface area contributed by atoms with E-state index in [9.17, 15) is 24.5 Å². The van der Waals surface area contributed by atoms with Crippen molar-refractivity contribution in [1.82, 2.24) is 4.90 Å². The highest BCUT2D eigenvalue weighted by molar-refractivity contribution is 6.01. The van der Waals surface area contributed by atoms with Crippen LogP contribution in [-0.2, 0) is 9.53 Å². The molecule has 1 aliphatic heterocycles. The zero-order valence-electron chi connectivity index (χ0n) is 17.6. The maximum Gasteiger partial charge on any atom is 0.343 e. The lowest BCUT2D eigenvalue weighted by Gasteiger charge is -2.33. The monoisotopic (exact) mass is 442 g/mol. The number of likely N-dealkylation sites (tertiary alicyclic amines) is 1. The molecule has 0 unspecified atom stereocenters. The Hall–Kier alpha value is -3.95. The minimum atomic E-state index is -0.831. The molecule has 2 aromatic carbocycles. The molecule has 1 heterocycles. The molecule has 0 radical (unpaired) electrons. The van der Waals surface area contributed by atoms with Crippen LogP contribution in [0.4, 0.5) is 5.69 Å². The normalized spacial score (nSPS) is 15.6. The van der Waals surface area contributed by atoms with Gasteiger partial charge in [-0.15, -0.1) is 0 Å². The lowest BCUT2D eigenvalue weighted by atomic mass is 10.00. The first-order valence-corrected chi connectivity index (χ1v) is 9.89. The van der Waals surface area contributed by atoms with E-state index in [4.69, 9.17) is 14.2 Å². The van der Waals surface area contributed by atoms with Crippen molar-refractivity contribution in [2.24, 2.45) is 0 Å². The number of piperidine rings is 1. The molecule has 0 saturated carbocycles. The van der Waals surface area contributed by atoms with Gasteiger partial charge in [-0.1, -0.05) is 18.2 Å². The summed E-state index contributed by atoms with van der Waals surface area (Å²) in [5, 5.41) is 11.8. The van der Waals surface area contributed by atoms with Gasteiger partial charge in [-0.05, 0) is 31.4 Å². The van der Waals surface area contributed by atoms with Gasteiger partial charge in [0.1, 0.15) is 11.6 Å². The smallest absolute Gasteiger partial charge is 0.343 e. The number of amides is 1. The molecule has 32 heavy (non-hydrogen) atoms. The number of nitro groups is 1. The van der Waals surface area contributed by atoms with Crippen molar-refractivity contribution in [1.29, 1.82) is 0 Å². The van der Waals surface area contributed by atoms with Crippen LogP contribution in [0.15, 0.2) is 42.5 Å². The molecule has 0 aliphatic carbocycles. The summed E-state index contributed by atoms with van der Waals surface area (Å²) in [7, 11) is 2.51. The fourth-order valence-corrected chi connectivity index (χ4v) is 3.55. The van der Waals surface area contributed by atoms with E-state index < -0.39 is 34.5 Å². The van der Waals surface area contributed by atoms with E-state index in [1.165, 1.54) is 31.3 Å². The standard InChI is InChI=1S/C22H22N2O8/c1-30-18-12-15(20(25)23-11-7-6-10-16(23)22(27)31-2)17(24(28)29)13-19(18)32-21(26)14-8-4-3-5-9-14/h3-5,8-9,12-13,16H,6-7,10-11H2,1-2H3/t16-/m0/s1. The maximum absolute atomic E-state index is 13.2. The Morgan fingerprint density at radius 2 is 1.78 bits per heavy atom. The van der Waals surface area contributed by atoms with Gasteiger partial charge in [-0.3, -0.25) is 14.9 Å². The molecule has 10 heteroatoms. The molecule has 10 nitrogen and oxygen atoms in total. The van der Waals surface area contributed by atoms with E-state index in [1.54, 1.807) is 18.2 Å². The summed E-state index contributed by atoms with van der Waals surface area (Å²) in [6.07, 6.45) is 1.77. The van der Waals surface area contributed by atoms with Crippen molar-refractivity contribution in [3.8, 4) is 11.5 Å². The third-order valence-electron chi connectivity index (χ3n) is 5.16. The number of hydrogen-bond donors (Lipinski definition) is 0. The van der Waals surface area contributed by atoms with Gasteiger partial charge >= 0.3 is 11.9 Å². The number of nitro benzene ring substituents is 1. The second-order valence-corrected chi connectivity index (χ2v) is 7.07. The molecule has 1 amide bonds. The Balaban J connectivity index is 1.99. The highest BCUT2D eigenvalue weighted by atomic mass is 16.6. The predicted octanol–water partition coefficient (Wildman–Crippen LogP) is 2.99. The molecule has 0 bridgehead atoms. The van der Waals surface area contributed by atoms with Crippen molar-refractivity contribution in [3.05, 3.63) is 63.7 Å². The Kier molecular flexibility index (Phi) is 7.04. The zero-order valence-corrected chi connectivity index (χ0v) is 17.6. The number of carbonyl (C=O) groups excluding carboxylic acids is 3. The van der Waals surface area contributed by atoms with Gasteiger partial charge in [0.05, 0.1) is 30.8 Å². The number of hydrogen-bond acceptors (Lipinski definition) is 8. The molecular weight excluding hydrogens is 420 g/mol. The lowest BCUT2D eigenvalue weighted by Crippen LogP contribution is -2.48. The summed E-state index contributed by atoms with van der Waals surface area (Å²) in [6, 6.07) is 9.38. The topological polar surface area (TPSA) is 125 Å². The Bertz CT molecular complexity index is 1040. The van der Waals surface area contributed by atoms with Gasteiger partial charge in [0.15, 0.2) is 11.5 Å². The van der Waals surface area contributed by atoms with Gasteiger partial charge < -0.3 is 19.1 Å². The third-order valence-corrected chi connectivity index (χ3v) is 5.16. The van der Waals surface area contributed by atoms with Crippen LogP contribution >= 0.6 is 0 Å². The lowest BCUT2D eigenvalue weighted by molar-refractivity contribution is -0.385. The van der Waals surface area contributed by atoms with E-state index in [0.29, 0.717) is 12.8 Å². The molecule has 0 N–H and O–H groups in total. The fourth-order valence-electron chi connectivity index (χ4n) is 3.55. The van der Waals surface area contributed by atoms with Crippen molar-refractivity contribution in [2.75, 3.05) is 20.8 Å². The maximum atomic E-state index is 13.2. The van der Waals surface area contributed by atoms with Crippen LogP contribution in [-0.4, -0.2) is 54.5 Å². The van der Waals surface area contributed by atoms with Gasteiger partial charge in [0.25, 0.3) is 11.6 Å². The van der Waals surface area contributed by atoms with E-state index >= 15 is 0 Å². The number of ether oxygens (including phenoxy) is 3. The van der Waals surface area contributed by atoms with Crippen LogP contribution in [0.5, 0.6) is 11.5 Å². The Morgan fingerprint density at radius 3 is 2.41 bits per heavy atom. The van der Waals surface area contributed by atoms with Crippen LogP contribution in [0, 0.1) is 10.1 Å². The summed E-state index contributed by atoms with van der Waals surface area (Å²) in [5.74, 6) is -2.26. The summed E-state index contributed by atoms with van der Waals surface area (Å²) in [6.45, 7) is 0.253. The van der Waals surface area contributed by atoms with E-state index in [-0.39, 0.29) is 29.2 Å². The third kappa shape index (κ3) is 4.69. The highest BCUT2D eigenvalue weighted by Crippen LogP contribution is 2.36. The Morgan fingerprint density at radius 1 is 1.06 bits per heavy atom. The first-order chi connectivity index (χ1) is 15.4.